The lowest BCUT2D eigenvalue weighted by Gasteiger charge is -2.40. The van der Waals surface area contributed by atoms with Crippen molar-refractivity contribution in [3.63, 3.8) is 0 Å². The summed E-state index contributed by atoms with van der Waals surface area (Å²) in [6.07, 6.45) is 9.90. The molecule has 2 aliphatic rings. The van der Waals surface area contributed by atoms with Gasteiger partial charge in [-0.3, -0.25) is 4.90 Å². The van der Waals surface area contributed by atoms with Crippen molar-refractivity contribution in [1.29, 1.82) is 0 Å². The summed E-state index contributed by atoms with van der Waals surface area (Å²) in [5.41, 5.74) is 0.461. The van der Waals surface area contributed by atoms with E-state index in [2.05, 4.69) is 38.2 Å². The van der Waals surface area contributed by atoms with Crippen molar-refractivity contribution in [1.82, 2.24) is 10.2 Å². The predicted octanol–water partition coefficient (Wildman–Crippen LogP) is 3.03. The number of nitrogens with zero attached hydrogens (tertiary/aromatic N) is 1. The van der Waals surface area contributed by atoms with Crippen LogP contribution in [0.3, 0.4) is 0 Å². The fourth-order valence-corrected chi connectivity index (χ4v) is 4.14. The maximum atomic E-state index is 3.58. The Balaban J connectivity index is 2.01. The quantitative estimate of drug-likeness (QED) is 0.813. The highest BCUT2D eigenvalue weighted by Crippen LogP contribution is 2.40. The molecule has 2 fully saturated rings. The molecule has 0 bridgehead atoms. The zero-order valence-corrected chi connectivity index (χ0v) is 12.1. The van der Waals surface area contributed by atoms with Crippen LogP contribution in [0.4, 0.5) is 0 Å². The molecule has 2 saturated carbocycles. The third-order valence-electron chi connectivity index (χ3n) is 5.30. The van der Waals surface area contributed by atoms with E-state index in [0.717, 1.165) is 12.1 Å². The average Bonchev–Trinajstić information content (AvgIpc) is 2.64. The van der Waals surface area contributed by atoms with Gasteiger partial charge in [0.05, 0.1) is 0 Å². The molecule has 2 nitrogen and oxygen atoms in total. The van der Waals surface area contributed by atoms with Crippen LogP contribution in [-0.4, -0.2) is 37.1 Å². The zero-order chi connectivity index (χ0) is 12.5. The molecule has 0 aromatic rings. The minimum Gasteiger partial charge on any atom is -0.315 e. The Labute approximate surface area is 107 Å². The molecule has 0 heterocycles. The maximum absolute atomic E-state index is 3.58. The van der Waals surface area contributed by atoms with Gasteiger partial charge in [-0.2, -0.15) is 0 Å². The molecule has 2 heteroatoms. The molecule has 1 N–H and O–H groups in total. The van der Waals surface area contributed by atoms with Crippen molar-refractivity contribution in [2.75, 3.05) is 14.1 Å². The lowest BCUT2D eigenvalue weighted by molar-refractivity contribution is 0.108. The third-order valence-corrected chi connectivity index (χ3v) is 5.30. The summed E-state index contributed by atoms with van der Waals surface area (Å²) in [7, 11) is 4.51. The molecule has 0 radical (unpaired) electrons. The molecule has 0 aromatic heterocycles. The number of nitrogens with one attached hydrogen (secondary N) is 1. The van der Waals surface area contributed by atoms with Gasteiger partial charge in [-0.25, -0.2) is 0 Å². The molecule has 2 unspecified atom stereocenters. The van der Waals surface area contributed by atoms with Crippen LogP contribution in [-0.2, 0) is 0 Å². The van der Waals surface area contributed by atoms with E-state index in [0.29, 0.717) is 11.5 Å². The number of hydrogen-bond donors (Lipinski definition) is 1. The van der Waals surface area contributed by atoms with E-state index in [1.165, 1.54) is 44.9 Å². The Morgan fingerprint density at radius 2 is 1.71 bits per heavy atom. The molecule has 100 valence electrons. The summed E-state index contributed by atoms with van der Waals surface area (Å²) in [6, 6.07) is 2.26. The highest BCUT2D eigenvalue weighted by molar-refractivity contribution is 5.01. The fourth-order valence-electron chi connectivity index (χ4n) is 4.14. The van der Waals surface area contributed by atoms with Gasteiger partial charge in [0.2, 0.25) is 0 Å². The summed E-state index contributed by atoms with van der Waals surface area (Å²) in [6.45, 7) is 4.84. The first-order valence-electron chi connectivity index (χ1n) is 7.45. The summed E-state index contributed by atoms with van der Waals surface area (Å²) < 4.78 is 0. The molecule has 2 aliphatic carbocycles. The fraction of sp³-hybridized carbons (Fsp3) is 1.00. The van der Waals surface area contributed by atoms with E-state index in [-0.39, 0.29) is 0 Å². The Kier molecular flexibility index (Phi) is 4.14. The SMILES string of the molecule is CNC1C(N(C)C2CCCCC2)CCC1(C)C. The molecule has 0 amide bonds. The summed E-state index contributed by atoms with van der Waals surface area (Å²) in [5, 5.41) is 3.58. The van der Waals surface area contributed by atoms with Crippen LogP contribution >= 0.6 is 0 Å². The van der Waals surface area contributed by atoms with Crippen molar-refractivity contribution < 1.29 is 0 Å². The summed E-state index contributed by atoms with van der Waals surface area (Å²) in [4.78, 5) is 2.70. The van der Waals surface area contributed by atoms with Gasteiger partial charge in [-0.15, -0.1) is 0 Å². The minimum atomic E-state index is 0.461. The van der Waals surface area contributed by atoms with Crippen molar-refractivity contribution in [3.8, 4) is 0 Å². The first-order valence-corrected chi connectivity index (χ1v) is 7.45. The predicted molar refractivity (Wildman–Crippen MR) is 74.3 cm³/mol. The standard InChI is InChI=1S/C15H30N2/c1-15(2)11-10-13(14(15)16-3)17(4)12-8-6-5-7-9-12/h12-14,16H,5-11H2,1-4H3. The zero-order valence-electron chi connectivity index (χ0n) is 12.1. The largest absolute Gasteiger partial charge is 0.315 e. The Morgan fingerprint density at radius 1 is 1.06 bits per heavy atom. The van der Waals surface area contributed by atoms with E-state index in [1.54, 1.807) is 0 Å². The summed E-state index contributed by atoms with van der Waals surface area (Å²) in [5.74, 6) is 0. The second-order valence-electron chi connectivity index (χ2n) is 6.82. The Hall–Kier alpha value is -0.0800. The Bertz CT molecular complexity index is 243. The van der Waals surface area contributed by atoms with Crippen molar-refractivity contribution in [3.05, 3.63) is 0 Å². The second-order valence-corrected chi connectivity index (χ2v) is 6.82. The van der Waals surface area contributed by atoms with E-state index in [9.17, 15) is 0 Å². The van der Waals surface area contributed by atoms with Gasteiger partial charge in [0.1, 0.15) is 0 Å². The Morgan fingerprint density at radius 3 is 2.29 bits per heavy atom. The molecular weight excluding hydrogens is 208 g/mol. The van der Waals surface area contributed by atoms with Gasteiger partial charge in [0.25, 0.3) is 0 Å². The molecule has 0 spiro atoms. The van der Waals surface area contributed by atoms with Crippen LogP contribution in [0.1, 0.15) is 58.8 Å². The molecule has 0 aliphatic heterocycles. The highest BCUT2D eigenvalue weighted by Gasteiger charge is 2.43. The van der Waals surface area contributed by atoms with Crippen LogP contribution < -0.4 is 5.32 Å². The first-order chi connectivity index (χ1) is 8.06. The average molecular weight is 238 g/mol. The van der Waals surface area contributed by atoms with Gasteiger partial charge in [-0.05, 0) is 45.2 Å². The van der Waals surface area contributed by atoms with E-state index >= 15 is 0 Å². The lowest BCUT2D eigenvalue weighted by Crippen LogP contribution is -2.52. The highest BCUT2D eigenvalue weighted by atomic mass is 15.2. The van der Waals surface area contributed by atoms with Gasteiger partial charge < -0.3 is 5.32 Å². The van der Waals surface area contributed by atoms with Crippen LogP contribution in [0, 0.1) is 5.41 Å². The number of likely N-dealkylation sites (N-methyl/N-ethyl adjacent to an activating group) is 2. The van der Waals surface area contributed by atoms with Gasteiger partial charge in [0.15, 0.2) is 0 Å². The van der Waals surface area contributed by atoms with Gasteiger partial charge in [-0.1, -0.05) is 33.1 Å². The number of rotatable bonds is 3. The van der Waals surface area contributed by atoms with E-state index in [1.807, 2.05) is 0 Å². The normalized spacial score (nSPS) is 34.4. The number of hydrogen-bond acceptors (Lipinski definition) is 2. The second kappa shape index (κ2) is 5.27. The molecular formula is C15H30N2. The van der Waals surface area contributed by atoms with Crippen LogP contribution in [0.15, 0.2) is 0 Å². The van der Waals surface area contributed by atoms with Crippen molar-refractivity contribution in [2.45, 2.75) is 76.9 Å². The van der Waals surface area contributed by atoms with E-state index < -0.39 is 0 Å². The lowest BCUT2D eigenvalue weighted by atomic mass is 9.85. The molecule has 0 saturated heterocycles. The van der Waals surface area contributed by atoms with E-state index in [4.69, 9.17) is 0 Å². The third kappa shape index (κ3) is 2.68. The molecule has 2 atom stereocenters. The molecule has 0 aromatic carbocycles. The first kappa shape index (κ1) is 13.4. The van der Waals surface area contributed by atoms with Gasteiger partial charge in [0, 0.05) is 18.1 Å². The van der Waals surface area contributed by atoms with Crippen LogP contribution in [0.2, 0.25) is 0 Å². The van der Waals surface area contributed by atoms with Crippen LogP contribution in [0.5, 0.6) is 0 Å². The van der Waals surface area contributed by atoms with Crippen molar-refractivity contribution in [2.24, 2.45) is 5.41 Å². The van der Waals surface area contributed by atoms with Crippen LogP contribution in [0.25, 0.3) is 0 Å². The monoisotopic (exact) mass is 238 g/mol. The topological polar surface area (TPSA) is 15.3 Å². The smallest absolute Gasteiger partial charge is 0.0271 e. The van der Waals surface area contributed by atoms with Gasteiger partial charge >= 0.3 is 0 Å². The minimum absolute atomic E-state index is 0.461. The summed E-state index contributed by atoms with van der Waals surface area (Å²) >= 11 is 0. The molecule has 17 heavy (non-hydrogen) atoms. The maximum Gasteiger partial charge on any atom is 0.0271 e. The van der Waals surface area contributed by atoms with Crippen molar-refractivity contribution >= 4 is 0 Å². The molecule has 2 rings (SSSR count).